The van der Waals surface area contributed by atoms with Gasteiger partial charge in [-0.15, -0.1) is 0 Å². The number of ketones is 1. The van der Waals surface area contributed by atoms with Crippen LogP contribution in [0.15, 0.2) is 36.5 Å². The van der Waals surface area contributed by atoms with E-state index in [9.17, 15) is 23.2 Å². The van der Waals surface area contributed by atoms with Gasteiger partial charge < -0.3 is 15.2 Å². The van der Waals surface area contributed by atoms with Crippen molar-refractivity contribution in [3.63, 3.8) is 0 Å². The topological polar surface area (TPSA) is 93.1 Å². The highest BCUT2D eigenvalue weighted by atomic mass is 35.5. The van der Waals surface area contributed by atoms with E-state index in [-0.39, 0.29) is 27.7 Å². The number of carbonyl (C=O) groups excluding carboxylic acids is 3. The number of Topliss-reactive ketones (excluding diaryl/α,β-unsaturated/α-hetero) is 1. The molecule has 0 radical (unpaired) electrons. The van der Waals surface area contributed by atoms with Crippen LogP contribution in [0.3, 0.4) is 0 Å². The van der Waals surface area contributed by atoms with E-state index in [1.54, 1.807) is 20.9 Å². The number of nitrogens with zero attached hydrogens (tertiary/aromatic N) is 2. The third-order valence-corrected chi connectivity index (χ3v) is 5.03. The second-order valence-corrected chi connectivity index (χ2v) is 7.14. The van der Waals surface area contributed by atoms with Gasteiger partial charge in [-0.05, 0) is 49.7 Å². The molecule has 0 atom stereocenters. The third kappa shape index (κ3) is 4.46. The van der Waals surface area contributed by atoms with E-state index in [2.05, 4.69) is 15.6 Å². The minimum atomic E-state index is -0.964. The van der Waals surface area contributed by atoms with E-state index in [0.717, 1.165) is 18.3 Å². The van der Waals surface area contributed by atoms with Crippen molar-refractivity contribution in [3.05, 3.63) is 75.8 Å². The van der Waals surface area contributed by atoms with E-state index >= 15 is 0 Å². The average Bonchev–Trinajstić information content (AvgIpc) is 2.94. The van der Waals surface area contributed by atoms with Crippen molar-refractivity contribution in [2.24, 2.45) is 7.05 Å². The summed E-state index contributed by atoms with van der Waals surface area (Å²) in [5.74, 6) is -3.74. The monoisotopic (exact) mass is 446 g/mol. The van der Waals surface area contributed by atoms with Crippen molar-refractivity contribution < 1.29 is 23.2 Å². The molecule has 0 aliphatic carbocycles. The molecule has 0 aliphatic heterocycles. The molecule has 1 aromatic carbocycles. The summed E-state index contributed by atoms with van der Waals surface area (Å²) >= 11 is 5.74. The van der Waals surface area contributed by atoms with Gasteiger partial charge in [-0.1, -0.05) is 11.6 Å². The number of halogens is 3. The van der Waals surface area contributed by atoms with Crippen LogP contribution in [0.4, 0.5) is 20.2 Å². The summed E-state index contributed by atoms with van der Waals surface area (Å²) in [4.78, 5) is 41.4. The van der Waals surface area contributed by atoms with Crippen molar-refractivity contribution in [3.8, 4) is 0 Å². The van der Waals surface area contributed by atoms with E-state index in [4.69, 9.17) is 11.6 Å². The zero-order chi connectivity index (χ0) is 22.9. The number of nitrogens with one attached hydrogen (secondary N) is 2. The Morgan fingerprint density at radius 3 is 2.32 bits per heavy atom. The SMILES string of the molecule is Cc1c(C(=O)Nc2ccc(F)c(Cl)c2)c(C)n(C)c1C(=O)C(=O)Nc1ccc(F)nc1. The molecule has 0 spiro atoms. The fourth-order valence-corrected chi connectivity index (χ4v) is 3.33. The fraction of sp³-hybridized carbons (Fsp3) is 0.143. The number of benzene rings is 1. The lowest BCUT2D eigenvalue weighted by molar-refractivity contribution is -0.112. The molecular weight excluding hydrogens is 430 g/mol. The van der Waals surface area contributed by atoms with Gasteiger partial charge in [0, 0.05) is 18.4 Å². The first-order valence-electron chi connectivity index (χ1n) is 8.99. The van der Waals surface area contributed by atoms with Crippen molar-refractivity contribution >= 4 is 40.6 Å². The summed E-state index contributed by atoms with van der Waals surface area (Å²) in [5, 5.41) is 4.80. The van der Waals surface area contributed by atoms with Crippen LogP contribution in [0.25, 0.3) is 0 Å². The maximum atomic E-state index is 13.3. The largest absolute Gasteiger partial charge is 0.344 e. The molecule has 2 aromatic heterocycles. The summed E-state index contributed by atoms with van der Waals surface area (Å²) in [6, 6.07) is 6.04. The van der Waals surface area contributed by atoms with Gasteiger partial charge >= 0.3 is 0 Å². The Bertz CT molecular complexity index is 1210. The van der Waals surface area contributed by atoms with Crippen LogP contribution in [0.1, 0.15) is 32.1 Å². The standard InChI is InChI=1S/C21H17ClF2N4O3/c1-10-17(20(30)26-12-4-6-15(23)14(22)8-12)11(2)28(3)18(10)19(29)21(31)27-13-5-7-16(24)25-9-13/h4-9H,1-3H3,(H,26,30)(H,27,31). The molecule has 2 heterocycles. The van der Waals surface area contributed by atoms with Gasteiger partial charge in [0.25, 0.3) is 17.6 Å². The highest BCUT2D eigenvalue weighted by Crippen LogP contribution is 2.25. The number of pyridine rings is 1. The second kappa shape index (κ2) is 8.65. The summed E-state index contributed by atoms with van der Waals surface area (Å²) in [6.45, 7) is 3.16. The number of anilines is 2. The average molecular weight is 447 g/mol. The predicted molar refractivity (Wildman–Crippen MR) is 111 cm³/mol. The molecule has 0 saturated heterocycles. The van der Waals surface area contributed by atoms with Gasteiger partial charge in [-0.2, -0.15) is 4.39 Å². The van der Waals surface area contributed by atoms with E-state index in [1.807, 2.05) is 0 Å². The molecule has 10 heteroatoms. The molecule has 160 valence electrons. The molecule has 7 nitrogen and oxygen atoms in total. The molecule has 0 fully saturated rings. The molecular formula is C21H17ClF2N4O3. The van der Waals surface area contributed by atoms with Crippen molar-refractivity contribution in [1.82, 2.24) is 9.55 Å². The molecule has 3 rings (SSSR count). The second-order valence-electron chi connectivity index (χ2n) is 6.73. The molecule has 0 saturated carbocycles. The predicted octanol–water partition coefficient (Wildman–Crippen LogP) is 4.04. The van der Waals surface area contributed by atoms with Crippen LogP contribution in [0.5, 0.6) is 0 Å². The Morgan fingerprint density at radius 2 is 1.71 bits per heavy atom. The fourth-order valence-electron chi connectivity index (χ4n) is 3.15. The first-order chi connectivity index (χ1) is 14.6. The first kappa shape index (κ1) is 22.1. The third-order valence-electron chi connectivity index (χ3n) is 4.74. The maximum Gasteiger partial charge on any atom is 0.298 e. The summed E-state index contributed by atoms with van der Waals surface area (Å²) < 4.78 is 27.7. The Hall–Kier alpha value is -3.59. The lowest BCUT2D eigenvalue weighted by Crippen LogP contribution is -2.25. The molecule has 0 bridgehead atoms. The number of rotatable bonds is 5. The number of hydrogen-bond acceptors (Lipinski definition) is 4. The van der Waals surface area contributed by atoms with E-state index < -0.39 is 29.4 Å². The Morgan fingerprint density at radius 1 is 1.03 bits per heavy atom. The van der Waals surface area contributed by atoms with Crippen LogP contribution in [0, 0.1) is 25.6 Å². The van der Waals surface area contributed by atoms with Crippen LogP contribution < -0.4 is 10.6 Å². The van der Waals surface area contributed by atoms with Gasteiger partial charge in [0.1, 0.15) is 5.82 Å². The van der Waals surface area contributed by atoms with Crippen molar-refractivity contribution in [2.45, 2.75) is 13.8 Å². The maximum absolute atomic E-state index is 13.3. The van der Waals surface area contributed by atoms with Crippen LogP contribution in [-0.4, -0.2) is 27.1 Å². The minimum absolute atomic E-state index is 0.0207. The van der Waals surface area contributed by atoms with Gasteiger partial charge in [-0.3, -0.25) is 14.4 Å². The summed E-state index contributed by atoms with van der Waals surface area (Å²) in [7, 11) is 1.55. The number of amides is 2. The molecule has 3 aromatic rings. The molecule has 2 amide bonds. The minimum Gasteiger partial charge on any atom is -0.344 e. The summed E-state index contributed by atoms with van der Waals surface area (Å²) in [5.41, 5.74) is 1.38. The van der Waals surface area contributed by atoms with Gasteiger partial charge in [-0.25, -0.2) is 9.37 Å². The quantitative estimate of drug-likeness (QED) is 0.351. The van der Waals surface area contributed by atoms with Crippen LogP contribution in [-0.2, 0) is 11.8 Å². The Kier molecular flexibility index (Phi) is 6.16. The highest BCUT2D eigenvalue weighted by Gasteiger charge is 2.28. The van der Waals surface area contributed by atoms with Gasteiger partial charge in [0.15, 0.2) is 0 Å². The zero-order valence-electron chi connectivity index (χ0n) is 16.7. The van der Waals surface area contributed by atoms with Crippen LogP contribution in [0.2, 0.25) is 5.02 Å². The smallest absolute Gasteiger partial charge is 0.298 e. The molecule has 0 unspecified atom stereocenters. The molecule has 31 heavy (non-hydrogen) atoms. The lowest BCUT2D eigenvalue weighted by Gasteiger charge is -2.07. The van der Waals surface area contributed by atoms with Crippen molar-refractivity contribution in [2.75, 3.05) is 10.6 Å². The Labute approximate surface area is 181 Å². The first-order valence-corrected chi connectivity index (χ1v) is 9.37. The Balaban J connectivity index is 1.87. The van der Waals surface area contributed by atoms with Gasteiger partial charge in [0.2, 0.25) is 5.95 Å². The van der Waals surface area contributed by atoms with Crippen LogP contribution >= 0.6 is 11.6 Å². The zero-order valence-corrected chi connectivity index (χ0v) is 17.5. The highest BCUT2D eigenvalue weighted by molar-refractivity contribution is 6.46. The number of carbonyl (C=O) groups is 3. The summed E-state index contributed by atoms with van der Waals surface area (Å²) in [6.07, 6.45) is 1.08. The molecule has 0 aliphatic rings. The lowest BCUT2D eigenvalue weighted by atomic mass is 10.1. The number of hydrogen-bond donors (Lipinski definition) is 2. The normalized spacial score (nSPS) is 10.6. The number of aromatic nitrogens is 2. The van der Waals surface area contributed by atoms with E-state index in [1.165, 1.54) is 22.8 Å². The molecule has 2 N–H and O–H groups in total. The van der Waals surface area contributed by atoms with Gasteiger partial charge in [0.05, 0.1) is 28.2 Å². The van der Waals surface area contributed by atoms with Crippen molar-refractivity contribution in [1.29, 1.82) is 0 Å². The van der Waals surface area contributed by atoms with E-state index in [0.29, 0.717) is 11.3 Å².